The molecule has 98 valence electrons. The zero-order chi connectivity index (χ0) is 14.0. The number of rotatable bonds is 4. The first kappa shape index (κ1) is 13.2. The molecule has 0 saturated carbocycles. The van der Waals surface area contributed by atoms with Gasteiger partial charge < -0.3 is 4.57 Å². The van der Waals surface area contributed by atoms with Crippen LogP contribution in [-0.2, 0) is 7.05 Å². The van der Waals surface area contributed by atoms with E-state index in [1.807, 2.05) is 26.0 Å². The Kier molecular flexibility index (Phi) is 3.60. The van der Waals surface area contributed by atoms with Gasteiger partial charge in [0.2, 0.25) is 0 Å². The Morgan fingerprint density at radius 1 is 1.21 bits per heavy atom. The average molecular weight is 256 g/mol. The molecule has 0 fully saturated rings. The molecule has 4 nitrogen and oxygen atoms in total. The number of aryl methyl sites for hydroxylation is 3. The van der Waals surface area contributed by atoms with Crippen LogP contribution in [0.5, 0.6) is 0 Å². The third kappa shape index (κ3) is 2.96. The van der Waals surface area contributed by atoms with Gasteiger partial charge in [-0.2, -0.15) is 0 Å². The largest absolute Gasteiger partial charge is 0.340 e. The van der Waals surface area contributed by atoms with Gasteiger partial charge in [0, 0.05) is 18.8 Å². The van der Waals surface area contributed by atoms with E-state index in [0.717, 1.165) is 11.1 Å². The molecule has 0 amide bonds. The number of imidazole rings is 1. The number of hydrogen-bond donors (Lipinski definition) is 0. The highest BCUT2D eigenvalue weighted by molar-refractivity contribution is 6.13. The molecule has 0 aliphatic carbocycles. The third-order valence-electron chi connectivity index (χ3n) is 2.99. The molecule has 2 aromatic rings. The molecular weight excluding hydrogens is 240 g/mol. The van der Waals surface area contributed by atoms with Gasteiger partial charge in [0.25, 0.3) is 0 Å². The molecule has 0 saturated heterocycles. The van der Waals surface area contributed by atoms with Gasteiger partial charge in [-0.15, -0.1) is 0 Å². The lowest BCUT2D eigenvalue weighted by Crippen LogP contribution is -2.10. The van der Waals surface area contributed by atoms with Crippen LogP contribution in [0.3, 0.4) is 0 Å². The molecule has 0 radical (unpaired) electrons. The van der Waals surface area contributed by atoms with Crippen LogP contribution in [0.25, 0.3) is 0 Å². The molecule has 0 bridgehead atoms. The Hall–Kier alpha value is -2.23. The van der Waals surface area contributed by atoms with E-state index in [2.05, 4.69) is 4.98 Å². The molecule has 1 aromatic heterocycles. The van der Waals surface area contributed by atoms with Crippen molar-refractivity contribution in [1.82, 2.24) is 9.55 Å². The molecule has 1 heterocycles. The van der Waals surface area contributed by atoms with E-state index in [-0.39, 0.29) is 18.0 Å². The molecule has 1 aromatic carbocycles. The maximum absolute atomic E-state index is 12.1. The summed E-state index contributed by atoms with van der Waals surface area (Å²) in [5.41, 5.74) is 2.94. The fraction of sp³-hybridized carbons (Fsp3) is 0.267. The number of ketones is 2. The summed E-state index contributed by atoms with van der Waals surface area (Å²) in [6.45, 7) is 3.85. The zero-order valence-electron chi connectivity index (χ0n) is 11.3. The number of nitrogens with zero attached hydrogens (tertiary/aromatic N) is 2. The van der Waals surface area contributed by atoms with Crippen molar-refractivity contribution in [2.24, 2.45) is 7.05 Å². The molecule has 0 spiro atoms. The van der Waals surface area contributed by atoms with Gasteiger partial charge in [-0.25, -0.2) is 4.98 Å². The van der Waals surface area contributed by atoms with Gasteiger partial charge in [0.15, 0.2) is 11.6 Å². The van der Waals surface area contributed by atoms with Crippen LogP contribution in [0, 0.1) is 13.8 Å². The van der Waals surface area contributed by atoms with Crippen molar-refractivity contribution >= 4 is 11.6 Å². The normalized spacial score (nSPS) is 10.5. The fourth-order valence-electron chi connectivity index (χ4n) is 2.01. The Morgan fingerprint density at radius 3 is 2.53 bits per heavy atom. The second kappa shape index (κ2) is 5.18. The van der Waals surface area contributed by atoms with E-state index < -0.39 is 0 Å². The molecule has 0 N–H and O–H groups in total. The third-order valence-corrected chi connectivity index (χ3v) is 2.99. The van der Waals surface area contributed by atoms with Gasteiger partial charge >= 0.3 is 0 Å². The lowest BCUT2D eigenvalue weighted by atomic mass is 9.99. The lowest BCUT2D eigenvalue weighted by molar-refractivity contribution is 0.0891. The second-order valence-corrected chi connectivity index (χ2v) is 4.77. The SMILES string of the molecule is Cc1ccc(C(=O)CC(=O)c2cn(C)cn2)c(C)c1. The first-order valence-electron chi connectivity index (χ1n) is 6.09. The van der Waals surface area contributed by atoms with E-state index in [4.69, 9.17) is 0 Å². The molecule has 0 unspecified atom stereocenters. The predicted octanol–water partition coefficient (Wildman–Crippen LogP) is 2.49. The van der Waals surface area contributed by atoms with E-state index in [9.17, 15) is 9.59 Å². The van der Waals surface area contributed by atoms with Gasteiger partial charge in [-0.1, -0.05) is 23.8 Å². The monoisotopic (exact) mass is 256 g/mol. The quantitative estimate of drug-likeness (QED) is 0.624. The molecule has 0 aliphatic heterocycles. The Labute approximate surface area is 112 Å². The summed E-state index contributed by atoms with van der Waals surface area (Å²) in [6.07, 6.45) is 3.04. The highest BCUT2D eigenvalue weighted by Crippen LogP contribution is 2.14. The summed E-state index contributed by atoms with van der Waals surface area (Å²) < 4.78 is 1.69. The zero-order valence-corrected chi connectivity index (χ0v) is 11.3. The fourth-order valence-corrected chi connectivity index (χ4v) is 2.01. The van der Waals surface area contributed by atoms with E-state index >= 15 is 0 Å². The molecule has 0 atom stereocenters. The van der Waals surface area contributed by atoms with Crippen molar-refractivity contribution in [3.63, 3.8) is 0 Å². The first-order chi connectivity index (χ1) is 8.97. The van der Waals surface area contributed by atoms with Crippen molar-refractivity contribution < 1.29 is 9.59 Å². The van der Waals surface area contributed by atoms with Crippen LogP contribution in [0.15, 0.2) is 30.7 Å². The van der Waals surface area contributed by atoms with Crippen LogP contribution < -0.4 is 0 Å². The molecule has 2 rings (SSSR count). The summed E-state index contributed by atoms with van der Waals surface area (Å²) in [7, 11) is 1.79. The number of Topliss-reactive ketones (excluding diaryl/α,β-unsaturated/α-hetero) is 2. The minimum absolute atomic E-state index is 0.138. The second-order valence-electron chi connectivity index (χ2n) is 4.77. The Bertz CT molecular complexity index is 641. The van der Waals surface area contributed by atoms with Crippen LogP contribution in [0.2, 0.25) is 0 Å². The smallest absolute Gasteiger partial charge is 0.190 e. The minimum atomic E-state index is -0.245. The molecular formula is C15H16N2O2. The maximum Gasteiger partial charge on any atom is 0.190 e. The Morgan fingerprint density at radius 2 is 1.95 bits per heavy atom. The molecule has 4 heteroatoms. The Balaban J connectivity index is 2.15. The topological polar surface area (TPSA) is 52.0 Å². The maximum atomic E-state index is 12.1. The van der Waals surface area contributed by atoms with Crippen molar-refractivity contribution in [1.29, 1.82) is 0 Å². The number of carbonyl (C=O) groups excluding carboxylic acids is 2. The van der Waals surface area contributed by atoms with Gasteiger partial charge in [0.1, 0.15) is 5.69 Å². The van der Waals surface area contributed by atoms with Crippen molar-refractivity contribution in [3.05, 3.63) is 53.1 Å². The summed E-state index contributed by atoms with van der Waals surface area (Å²) >= 11 is 0. The van der Waals surface area contributed by atoms with Crippen LogP contribution in [0.1, 0.15) is 38.4 Å². The van der Waals surface area contributed by atoms with Crippen LogP contribution in [-0.4, -0.2) is 21.1 Å². The average Bonchev–Trinajstić information content (AvgIpc) is 2.75. The van der Waals surface area contributed by atoms with Gasteiger partial charge in [0.05, 0.1) is 12.7 Å². The van der Waals surface area contributed by atoms with Crippen molar-refractivity contribution in [2.45, 2.75) is 20.3 Å². The van der Waals surface area contributed by atoms with Crippen LogP contribution >= 0.6 is 0 Å². The molecule has 19 heavy (non-hydrogen) atoms. The summed E-state index contributed by atoms with van der Waals surface area (Å²) in [4.78, 5) is 28.0. The van der Waals surface area contributed by atoms with E-state index in [0.29, 0.717) is 11.3 Å². The van der Waals surface area contributed by atoms with Crippen LogP contribution in [0.4, 0.5) is 0 Å². The minimum Gasteiger partial charge on any atom is -0.340 e. The summed E-state index contributed by atoms with van der Waals surface area (Å²) in [5.74, 6) is -0.404. The lowest BCUT2D eigenvalue weighted by Gasteiger charge is -2.05. The summed E-state index contributed by atoms with van der Waals surface area (Å²) in [6, 6.07) is 5.60. The standard InChI is InChI=1S/C15H16N2O2/c1-10-4-5-12(11(2)6-10)14(18)7-15(19)13-8-17(3)9-16-13/h4-6,8-9H,7H2,1-3H3. The number of benzene rings is 1. The van der Waals surface area contributed by atoms with Gasteiger partial charge in [-0.05, 0) is 19.4 Å². The highest BCUT2D eigenvalue weighted by Gasteiger charge is 2.16. The van der Waals surface area contributed by atoms with E-state index in [1.54, 1.807) is 30.2 Å². The van der Waals surface area contributed by atoms with Crippen molar-refractivity contribution in [2.75, 3.05) is 0 Å². The number of hydrogen-bond acceptors (Lipinski definition) is 3. The number of carbonyl (C=O) groups is 2. The number of aromatic nitrogens is 2. The van der Waals surface area contributed by atoms with Gasteiger partial charge in [-0.3, -0.25) is 9.59 Å². The van der Waals surface area contributed by atoms with E-state index in [1.165, 1.54) is 0 Å². The highest BCUT2D eigenvalue weighted by atomic mass is 16.1. The summed E-state index contributed by atoms with van der Waals surface area (Å²) in [5, 5.41) is 0. The predicted molar refractivity (Wildman–Crippen MR) is 72.4 cm³/mol. The van der Waals surface area contributed by atoms with Crippen molar-refractivity contribution in [3.8, 4) is 0 Å². The first-order valence-corrected chi connectivity index (χ1v) is 6.09. The molecule has 0 aliphatic rings.